The molecule has 2 aromatic rings. The molecule has 3 rings (SSSR count). The summed E-state index contributed by atoms with van der Waals surface area (Å²) in [6.07, 6.45) is 1.25. The average Bonchev–Trinajstić information content (AvgIpc) is 2.94. The Morgan fingerprint density at radius 3 is 2.12 bits per heavy atom. The van der Waals surface area contributed by atoms with Crippen LogP contribution in [0.3, 0.4) is 0 Å². The van der Waals surface area contributed by atoms with Crippen LogP contribution in [-0.4, -0.2) is 8.80 Å². The van der Waals surface area contributed by atoms with E-state index in [0.29, 0.717) is 0 Å². The minimum atomic E-state index is -0.341. The summed E-state index contributed by atoms with van der Waals surface area (Å²) in [5, 5.41) is 0. The quantitative estimate of drug-likeness (QED) is 0.531. The molecular formula is C24H33Si. The summed E-state index contributed by atoms with van der Waals surface area (Å²) < 4.78 is 0. The Bertz CT molecular complexity index is 732. The first kappa shape index (κ1) is 18.4. The van der Waals surface area contributed by atoms with Crippen molar-refractivity contribution in [1.82, 2.24) is 0 Å². The third-order valence-corrected chi connectivity index (χ3v) is 7.94. The standard InChI is InChI=1S/C24H33Si/c1-16(2)21-15-22-19(9-8-10-20(22)23(21)25(6)7)17-11-13-18(14-12-17)24(3,4)5/h8-14,16,21,23H,15H2,1-7H3. The van der Waals surface area contributed by atoms with Gasteiger partial charge in [0.15, 0.2) is 0 Å². The van der Waals surface area contributed by atoms with Gasteiger partial charge in [-0.3, -0.25) is 0 Å². The van der Waals surface area contributed by atoms with Crippen molar-refractivity contribution in [2.24, 2.45) is 11.8 Å². The fraction of sp³-hybridized carbons (Fsp3) is 0.500. The van der Waals surface area contributed by atoms with Crippen LogP contribution in [0.4, 0.5) is 0 Å². The van der Waals surface area contributed by atoms with Gasteiger partial charge in [0, 0.05) is 0 Å². The lowest BCUT2D eigenvalue weighted by molar-refractivity contribution is 0.390. The zero-order chi connectivity index (χ0) is 18.4. The molecule has 0 amide bonds. The SMILES string of the molecule is CC(C)C1Cc2c(-c3ccc(C(C)(C)C)cc3)cccc2C1[Si](C)C. The lowest BCUT2D eigenvalue weighted by Crippen LogP contribution is -2.24. The molecule has 0 aliphatic heterocycles. The number of fused-ring (bicyclic) bond motifs is 1. The molecule has 0 saturated heterocycles. The molecular weight excluding hydrogens is 316 g/mol. The van der Waals surface area contributed by atoms with E-state index in [1.165, 1.54) is 23.1 Å². The van der Waals surface area contributed by atoms with Crippen molar-refractivity contribution in [3.63, 3.8) is 0 Å². The molecule has 0 fully saturated rings. The summed E-state index contributed by atoms with van der Waals surface area (Å²) in [5.74, 6) is 1.57. The minimum absolute atomic E-state index is 0.215. The number of benzene rings is 2. The fourth-order valence-corrected chi connectivity index (χ4v) is 6.74. The largest absolute Gasteiger partial charge is 0.0708 e. The highest BCUT2D eigenvalue weighted by atomic mass is 28.3. The number of hydrogen-bond donors (Lipinski definition) is 0. The van der Waals surface area contributed by atoms with E-state index >= 15 is 0 Å². The maximum atomic E-state index is 2.49. The van der Waals surface area contributed by atoms with Gasteiger partial charge >= 0.3 is 0 Å². The monoisotopic (exact) mass is 349 g/mol. The molecule has 2 atom stereocenters. The Balaban J connectivity index is 2.04. The van der Waals surface area contributed by atoms with Gasteiger partial charge in [-0.25, -0.2) is 0 Å². The lowest BCUT2D eigenvalue weighted by atomic mass is 9.85. The highest BCUT2D eigenvalue weighted by molar-refractivity contribution is 6.57. The minimum Gasteiger partial charge on any atom is -0.0708 e. The Labute approximate surface area is 156 Å². The Morgan fingerprint density at radius 1 is 0.960 bits per heavy atom. The molecule has 0 N–H and O–H groups in total. The van der Waals surface area contributed by atoms with Crippen molar-refractivity contribution in [3.8, 4) is 11.1 Å². The van der Waals surface area contributed by atoms with Gasteiger partial charge in [0.25, 0.3) is 0 Å². The van der Waals surface area contributed by atoms with Gasteiger partial charge in [-0.05, 0) is 57.0 Å². The predicted molar refractivity (Wildman–Crippen MR) is 113 cm³/mol. The zero-order valence-electron chi connectivity index (χ0n) is 17.0. The van der Waals surface area contributed by atoms with E-state index in [1.54, 1.807) is 11.1 Å². The van der Waals surface area contributed by atoms with Gasteiger partial charge in [-0.15, -0.1) is 0 Å². The summed E-state index contributed by atoms with van der Waals surface area (Å²) in [4.78, 5) is 0. The van der Waals surface area contributed by atoms with Crippen LogP contribution < -0.4 is 0 Å². The Kier molecular flexibility index (Phi) is 4.99. The summed E-state index contributed by atoms with van der Waals surface area (Å²) in [6.45, 7) is 16.7. The molecule has 1 aliphatic carbocycles. The summed E-state index contributed by atoms with van der Waals surface area (Å²) in [7, 11) is -0.341. The van der Waals surface area contributed by atoms with E-state index in [1.807, 2.05) is 0 Å². The molecule has 1 aliphatic rings. The number of rotatable bonds is 3. The molecule has 25 heavy (non-hydrogen) atoms. The van der Waals surface area contributed by atoms with Crippen molar-refractivity contribution in [1.29, 1.82) is 0 Å². The molecule has 1 radical (unpaired) electrons. The first-order chi connectivity index (χ1) is 11.7. The van der Waals surface area contributed by atoms with E-state index in [-0.39, 0.29) is 14.2 Å². The molecule has 2 unspecified atom stereocenters. The molecule has 0 heterocycles. The highest BCUT2D eigenvalue weighted by Gasteiger charge is 2.37. The molecule has 0 bridgehead atoms. The van der Waals surface area contributed by atoms with Crippen LogP contribution in [-0.2, 0) is 11.8 Å². The van der Waals surface area contributed by atoms with E-state index in [4.69, 9.17) is 0 Å². The van der Waals surface area contributed by atoms with Gasteiger partial charge in [-0.2, -0.15) is 0 Å². The fourth-order valence-electron chi connectivity index (χ4n) is 4.49. The Morgan fingerprint density at radius 2 is 1.60 bits per heavy atom. The second-order valence-electron chi connectivity index (χ2n) is 9.37. The van der Waals surface area contributed by atoms with Crippen molar-refractivity contribution >= 4 is 8.80 Å². The summed E-state index contributed by atoms with van der Waals surface area (Å²) in [5.41, 5.74) is 8.55. The molecule has 0 nitrogen and oxygen atoms in total. The maximum Gasteiger partial charge on any atom is 0.0501 e. The molecule has 1 heteroatoms. The van der Waals surface area contributed by atoms with Crippen molar-refractivity contribution < 1.29 is 0 Å². The van der Waals surface area contributed by atoms with E-state index < -0.39 is 0 Å². The van der Waals surface area contributed by atoms with Gasteiger partial charge in [0.2, 0.25) is 0 Å². The first-order valence-corrected chi connectivity index (χ1v) is 12.3. The van der Waals surface area contributed by atoms with Gasteiger partial charge in [-0.1, -0.05) is 90.2 Å². The third-order valence-electron chi connectivity index (χ3n) is 5.96. The second-order valence-corrected chi connectivity index (χ2v) is 12.1. The molecule has 2 aromatic carbocycles. The normalized spacial score (nSPS) is 20.4. The summed E-state index contributed by atoms with van der Waals surface area (Å²) in [6, 6.07) is 16.3. The second kappa shape index (κ2) is 6.76. The molecule has 0 aromatic heterocycles. The predicted octanol–water partition coefficient (Wildman–Crippen LogP) is 6.86. The molecule has 0 saturated carbocycles. The highest BCUT2D eigenvalue weighted by Crippen LogP contribution is 2.46. The van der Waals surface area contributed by atoms with Crippen molar-refractivity contribution in [2.45, 2.75) is 65.1 Å². The molecule has 0 spiro atoms. The van der Waals surface area contributed by atoms with Crippen molar-refractivity contribution in [2.75, 3.05) is 0 Å². The van der Waals surface area contributed by atoms with Crippen molar-refractivity contribution in [3.05, 3.63) is 59.2 Å². The van der Waals surface area contributed by atoms with Crippen LogP contribution >= 0.6 is 0 Å². The zero-order valence-corrected chi connectivity index (χ0v) is 18.0. The van der Waals surface area contributed by atoms with Gasteiger partial charge < -0.3 is 0 Å². The third kappa shape index (κ3) is 3.49. The number of hydrogen-bond acceptors (Lipinski definition) is 0. The first-order valence-electron chi connectivity index (χ1n) is 9.73. The van der Waals surface area contributed by atoms with Gasteiger partial charge in [0.1, 0.15) is 0 Å². The summed E-state index contributed by atoms with van der Waals surface area (Å²) >= 11 is 0. The molecule has 133 valence electrons. The van der Waals surface area contributed by atoms with Crippen LogP contribution in [0.15, 0.2) is 42.5 Å². The van der Waals surface area contributed by atoms with E-state index in [2.05, 4.69) is 90.2 Å². The van der Waals surface area contributed by atoms with Crippen LogP contribution in [0.1, 0.15) is 56.9 Å². The topological polar surface area (TPSA) is 0 Å². The van der Waals surface area contributed by atoms with E-state index in [9.17, 15) is 0 Å². The maximum absolute atomic E-state index is 2.49. The average molecular weight is 350 g/mol. The van der Waals surface area contributed by atoms with Gasteiger partial charge in [0.05, 0.1) is 8.80 Å². The van der Waals surface area contributed by atoms with Crippen LogP contribution in [0, 0.1) is 11.8 Å². The van der Waals surface area contributed by atoms with Crippen LogP contribution in [0.25, 0.3) is 11.1 Å². The lowest BCUT2D eigenvalue weighted by Gasteiger charge is -2.26. The van der Waals surface area contributed by atoms with Crippen LogP contribution in [0.2, 0.25) is 13.1 Å². The Hall–Kier alpha value is -1.34. The smallest absolute Gasteiger partial charge is 0.0501 e. The van der Waals surface area contributed by atoms with Crippen LogP contribution in [0.5, 0.6) is 0 Å². The van der Waals surface area contributed by atoms with E-state index in [0.717, 1.165) is 17.4 Å².